The Bertz CT molecular complexity index is 951. The summed E-state index contributed by atoms with van der Waals surface area (Å²) in [4.78, 5) is 10.5. The standard InChI is InChI=1S/C20H21F3N4O/c1-10-16(28)9-27(10)19-25-17(13-4-5-20(22,23)18(13)26-19)11-2-3-12-7-24-8-15(21)14(12)6-11/h2-3,6,10,15-16,24,28H,4-5,7-9H2,1H3/t10-,15?,16+/m0/s1. The van der Waals surface area contributed by atoms with E-state index in [4.69, 9.17) is 0 Å². The van der Waals surface area contributed by atoms with Crippen LogP contribution in [-0.4, -0.2) is 40.3 Å². The van der Waals surface area contributed by atoms with Crippen LogP contribution < -0.4 is 10.2 Å². The number of hydrogen-bond acceptors (Lipinski definition) is 5. The number of rotatable bonds is 2. The van der Waals surface area contributed by atoms with Gasteiger partial charge >= 0.3 is 0 Å². The topological polar surface area (TPSA) is 61.3 Å². The highest BCUT2D eigenvalue weighted by Gasteiger charge is 2.45. The fraction of sp³-hybridized carbons (Fsp3) is 0.500. The van der Waals surface area contributed by atoms with Crippen molar-refractivity contribution < 1.29 is 18.3 Å². The van der Waals surface area contributed by atoms with Crippen molar-refractivity contribution in [2.45, 2.75) is 50.6 Å². The van der Waals surface area contributed by atoms with E-state index in [1.165, 1.54) is 0 Å². The molecule has 8 heteroatoms. The van der Waals surface area contributed by atoms with Crippen molar-refractivity contribution in [2.75, 3.05) is 18.0 Å². The first kappa shape index (κ1) is 17.9. The number of anilines is 1. The lowest BCUT2D eigenvalue weighted by molar-refractivity contribution is -0.00603. The average molecular weight is 390 g/mol. The Hall–Kier alpha value is -2.19. The molecule has 5 rings (SSSR count). The molecule has 2 N–H and O–H groups in total. The van der Waals surface area contributed by atoms with Crippen molar-refractivity contribution in [1.29, 1.82) is 0 Å². The summed E-state index contributed by atoms with van der Waals surface area (Å²) in [5.41, 5.74) is 2.74. The molecule has 1 fully saturated rings. The van der Waals surface area contributed by atoms with Crippen LogP contribution in [0.1, 0.15) is 41.9 Å². The number of hydrogen-bond donors (Lipinski definition) is 2. The SMILES string of the molecule is C[C@H]1[C@H](O)CN1c1nc(-c2ccc3c(c2)C(F)CNC3)c2c(n1)C(F)(F)CC2. The van der Waals surface area contributed by atoms with E-state index in [9.17, 15) is 18.3 Å². The predicted octanol–water partition coefficient (Wildman–Crippen LogP) is 2.86. The van der Waals surface area contributed by atoms with Crippen LogP contribution in [0.3, 0.4) is 0 Å². The van der Waals surface area contributed by atoms with Crippen LogP contribution in [0.2, 0.25) is 0 Å². The molecule has 1 saturated heterocycles. The average Bonchev–Trinajstić information content (AvgIpc) is 3.00. The lowest BCUT2D eigenvalue weighted by Gasteiger charge is -2.43. The highest BCUT2D eigenvalue weighted by molar-refractivity contribution is 5.69. The number of alkyl halides is 3. The molecule has 0 radical (unpaired) electrons. The smallest absolute Gasteiger partial charge is 0.290 e. The molecule has 0 bridgehead atoms. The number of aromatic nitrogens is 2. The second kappa shape index (κ2) is 6.15. The van der Waals surface area contributed by atoms with Crippen molar-refractivity contribution >= 4 is 5.95 Å². The summed E-state index contributed by atoms with van der Waals surface area (Å²) < 4.78 is 43.3. The van der Waals surface area contributed by atoms with E-state index >= 15 is 0 Å². The van der Waals surface area contributed by atoms with Crippen LogP contribution in [0.15, 0.2) is 18.2 Å². The summed E-state index contributed by atoms with van der Waals surface area (Å²) in [5.74, 6) is -2.81. The first-order chi connectivity index (χ1) is 13.3. The van der Waals surface area contributed by atoms with Crippen LogP contribution in [0.4, 0.5) is 19.1 Å². The molecule has 3 heterocycles. The van der Waals surface area contributed by atoms with Crippen molar-refractivity contribution in [3.05, 3.63) is 40.6 Å². The number of nitrogens with one attached hydrogen (secondary N) is 1. The van der Waals surface area contributed by atoms with E-state index < -0.39 is 18.2 Å². The molecule has 28 heavy (non-hydrogen) atoms. The number of aliphatic hydroxyl groups is 1. The van der Waals surface area contributed by atoms with Crippen LogP contribution in [0.25, 0.3) is 11.3 Å². The number of nitrogens with zero attached hydrogens (tertiary/aromatic N) is 3. The van der Waals surface area contributed by atoms with E-state index in [-0.39, 0.29) is 37.1 Å². The molecular weight excluding hydrogens is 369 g/mol. The Labute approximate surface area is 160 Å². The zero-order valence-corrected chi connectivity index (χ0v) is 15.4. The van der Waals surface area contributed by atoms with Gasteiger partial charge in [-0.25, -0.2) is 14.4 Å². The van der Waals surface area contributed by atoms with Crippen molar-refractivity contribution in [3.63, 3.8) is 0 Å². The van der Waals surface area contributed by atoms with Gasteiger partial charge in [0, 0.05) is 37.2 Å². The quantitative estimate of drug-likeness (QED) is 0.826. The predicted molar refractivity (Wildman–Crippen MR) is 98.1 cm³/mol. The Balaban J connectivity index is 1.65. The number of fused-ring (bicyclic) bond motifs is 2. The molecule has 1 unspecified atom stereocenters. The van der Waals surface area contributed by atoms with Crippen LogP contribution >= 0.6 is 0 Å². The second-order valence-corrected chi connectivity index (χ2v) is 7.88. The zero-order valence-electron chi connectivity index (χ0n) is 15.4. The summed E-state index contributed by atoms with van der Waals surface area (Å²) in [5, 5.41) is 12.8. The molecule has 0 saturated carbocycles. The molecule has 0 amide bonds. The molecular formula is C20H21F3N4O. The molecule has 2 aliphatic heterocycles. The van der Waals surface area contributed by atoms with Crippen LogP contribution in [-0.2, 0) is 18.9 Å². The molecule has 5 nitrogen and oxygen atoms in total. The monoisotopic (exact) mass is 390 g/mol. The number of halogens is 3. The van der Waals surface area contributed by atoms with Gasteiger partial charge in [-0.1, -0.05) is 12.1 Å². The maximum atomic E-state index is 14.5. The summed E-state index contributed by atoms with van der Waals surface area (Å²) in [6, 6.07) is 5.15. The largest absolute Gasteiger partial charge is 0.389 e. The van der Waals surface area contributed by atoms with Crippen LogP contribution in [0, 0.1) is 0 Å². The second-order valence-electron chi connectivity index (χ2n) is 7.88. The van der Waals surface area contributed by atoms with Gasteiger partial charge in [0.1, 0.15) is 11.9 Å². The van der Waals surface area contributed by atoms with Gasteiger partial charge in [0.15, 0.2) is 0 Å². The molecule has 1 aliphatic carbocycles. The Morgan fingerprint density at radius 1 is 1.29 bits per heavy atom. The van der Waals surface area contributed by atoms with Gasteiger partial charge in [-0.3, -0.25) is 0 Å². The number of benzene rings is 1. The van der Waals surface area contributed by atoms with E-state index in [1.807, 2.05) is 19.1 Å². The van der Waals surface area contributed by atoms with E-state index in [2.05, 4.69) is 15.3 Å². The van der Waals surface area contributed by atoms with E-state index in [0.717, 1.165) is 5.56 Å². The van der Waals surface area contributed by atoms with E-state index in [0.29, 0.717) is 35.5 Å². The highest BCUT2D eigenvalue weighted by Crippen LogP contribution is 2.45. The van der Waals surface area contributed by atoms with E-state index in [1.54, 1.807) is 11.0 Å². The lowest BCUT2D eigenvalue weighted by Crippen LogP contribution is -2.59. The van der Waals surface area contributed by atoms with Gasteiger partial charge in [0.05, 0.1) is 17.8 Å². The third-order valence-corrected chi connectivity index (χ3v) is 6.12. The first-order valence-corrected chi connectivity index (χ1v) is 9.57. The minimum atomic E-state index is -3.00. The van der Waals surface area contributed by atoms with Gasteiger partial charge in [0.25, 0.3) is 5.92 Å². The van der Waals surface area contributed by atoms with Crippen LogP contribution in [0.5, 0.6) is 0 Å². The fourth-order valence-electron chi connectivity index (χ4n) is 4.27. The molecule has 3 aliphatic rings. The maximum absolute atomic E-state index is 14.5. The Morgan fingerprint density at radius 3 is 2.86 bits per heavy atom. The fourth-order valence-corrected chi connectivity index (χ4v) is 4.27. The Morgan fingerprint density at radius 2 is 2.11 bits per heavy atom. The third-order valence-electron chi connectivity index (χ3n) is 6.12. The normalized spacial score (nSPS) is 27.9. The molecule has 1 aromatic heterocycles. The van der Waals surface area contributed by atoms with Crippen molar-refractivity contribution in [1.82, 2.24) is 15.3 Å². The Kier molecular flexibility index (Phi) is 3.93. The number of β-amino-alcohol motifs (C(OH)–C–C–N with tert-alkyl or cyclic N) is 1. The van der Waals surface area contributed by atoms with Gasteiger partial charge in [0.2, 0.25) is 5.95 Å². The first-order valence-electron chi connectivity index (χ1n) is 9.57. The minimum absolute atomic E-state index is 0.188. The molecule has 2 aromatic rings. The summed E-state index contributed by atoms with van der Waals surface area (Å²) in [6.45, 7) is 2.95. The van der Waals surface area contributed by atoms with Gasteiger partial charge in [-0.2, -0.15) is 8.78 Å². The highest BCUT2D eigenvalue weighted by atomic mass is 19.3. The van der Waals surface area contributed by atoms with Gasteiger partial charge in [-0.05, 0) is 30.5 Å². The van der Waals surface area contributed by atoms with Gasteiger partial charge in [-0.15, -0.1) is 0 Å². The summed E-state index contributed by atoms with van der Waals surface area (Å²) in [6.07, 6.45) is -1.77. The summed E-state index contributed by atoms with van der Waals surface area (Å²) >= 11 is 0. The molecule has 3 atom stereocenters. The third kappa shape index (κ3) is 2.62. The summed E-state index contributed by atoms with van der Waals surface area (Å²) in [7, 11) is 0. The molecule has 148 valence electrons. The molecule has 0 spiro atoms. The minimum Gasteiger partial charge on any atom is -0.389 e. The number of aliphatic hydroxyl groups excluding tert-OH is 1. The zero-order chi connectivity index (χ0) is 19.6. The van der Waals surface area contributed by atoms with Gasteiger partial charge < -0.3 is 15.3 Å². The van der Waals surface area contributed by atoms with Crippen molar-refractivity contribution in [2.24, 2.45) is 0 Å². The van der Waals surface area contributed by atoms with Crippen molar-refractivity contribution in [3.8, 4) is 11.3 Å². The molecule has 1 aromatic carbocycles. The lowest BCUT2D eigenvalue weighted by atomic mass is 9.94. The maximum Gasteiger partial charge on any atom is 0.290 e.